The minimum atomic E-state index is 0.166. The van der Waals surface area contributed by atoms with E-state index in [4.69, 9.17) is 17.4 Å². The van der Waals surface area contributed by atoms with Crippen LogP contribution < -0.4 is 11.1 Å². The van der Waals surface area contributed by atoms with Crippen LogP contribution in [0.2, 0.25) is 0 Å². The Morgan fingerprint density at radius 3 is 2.69 bits per heavy atom. The fraction of sp³-hybridized carbons (Fsp3) is 0.667. The lowest BCUT2D eigenvalue weighted by Crippen LogP contribution is -2.37. The second kappa shape index (κ2) is 6.32. The highest BCUT2D eigenvalue weighted by molar-refractivity contribution is 5.80. The molecule has 4 nitrogen and oxygen atoms in total. The van der Waals surface area contributed by atoms with Crippen LogP contribution in [0.25, 0.3) is 0 Å². The molecule has 0 aromatic rings. The van der Waals surface area contributed by atoms with Crippen LogP contribution in [0, 0.1) is 12.3 Å². The SMILES string of the molecule is C#CCC(C)NC(C)CC(N)=NO. The zero-order chi connectivity index (χ0) is 10.3. The van der Waals surface area contributed by atoms with Crippen LogP contribution >= 0.6 is 0 Å². The second-order valence-corrected chi connectivity index (χ2v) is 3.17. The average Bonchev–Trinajstić information content (AvgIpc) is 2.04. The summed E-state index contributed by atoms with van der Waals surface area (Å²) < 4.78 is 0. The molecule has 0 radical (unpaired) electrons. The maximum atomic E-state index is 8.32. The summed E-state index contributed by atoms with van der Waals surface area (Å²) in [4.78, 5) is 0. The molecular weight excluding hydrogens is 166 g/mol. The predicted molar refractivity (Wildman–Crippen MR) is 53.5 cm³/mol. The summed E-state index contributed by atoms with van der Waals surface area (Å²) in [5.41, 5.74) is 5.34. The van der Waals surface area contributed by atoms with Crippen LogP contribution in [-0.2, 0) is 0 Å². The van der Waals surface area contributed by atoms with E-state index in [2.05, 4.69) is 16.4 Å². The van der Waals surface area contributed by atoms with Gasteiger partial charge in [0.25, 0.3) is 0 Å². The largest absolute Gasteiger partial charge is 0.409 e. The maximum absolute atomic E-state index is 8.32. The summed E-state index contributed by atoms with van der Waals surface area (Å²) in [7, 11) is 0. The van der Waals surface area contributed by atoms with Gasteiger partial charge in [-0.2, -0.15) is 0 Å². The smallest absolute Gasteiger partial charge is 0.140 e. The molecule has 2 atom stereocenters. The Morgan fingerprint density at radius 2 is 2.23 bits per heavy atom. The molecule has 0 fully saturated rings. The minimum absolute atomic E-state index is 0.166. The molecule has 4 N–H and O–H groups in total. The first-order valence-electron chi connectivity index (χ1n) is 4.26. The lowest BCUT2D eigenvalue weighted by molar-refractivity contribution is 0.315. The number of oxime groups is 1. The molecule has 13 heavy (non-hydrogen) atoms. The number of hydrogen-bond acceptors (Lipinski definition) is 3. The van der Waals surface area contributed by atoms with E-state index in [0.717, 1.165) is 0 Å². The van der Waals surface area contributed by atoms with E-state index in [1.807, 2.05) is 13.8 Å². The normalized spacial score (nSPS) is 16.2. The number of terminal acetylenes is 1. The first-order valence-corrected chi connectivity index (χ1v) is 4.26. The van der Waals surface area contributed by atoms with Gasteiger partial charge in [-0.1, -0.05) is 5.16 Å². The fourth-order valence-corrected chi connectivity index (χ4v) is 1.13. The molecule has 0 saturated heterocycles. The van der Waals surface area contributed by atoms with Crippen molar-refractivity contribution in [2.24, 2.45) is 10.9 Å². The van der Waals surface area contributed by atoms with Gasteiger partial charge in [0.05, 0.1) is 0 Å². The third-order valence-electron chi connectivity index (χ3n) is 1.64. The first kappa shape index (κ1) is 11.8. The summed E-state index contributed by atoms with van der Waals surface area (Å²) in [5, 5.41) is 14.5. The van der Waals surface area contributed by atoms with Gasteiger partial charge in [0.1, 0.15) is 5.84 Å². The van der Waals surface area contributed by atoms with E-state index in [1.54, 1.807) is 0 Å². The van der Waals surface area contributed by atoms with Crippen LogP contribution in [0.15, 0.2) is 5.16 Å². The van der Waals surface area contributed by atoms with E-state index >= 15 is 0 Å². The molecule has 0 bridgehead atoms. The van der Waals surface area contributed by atoms with Crippen LogP contribution in [0.3, 0.4) is 0 Å². The van der Waals surface area contributed by atoms with Crippen LogP contribution in [-0.4, -0.2) is 23.1 Å². The Morgan fingerprint density at radius 1 is 1.62 bits per heavy atom. The standard InChI is InChI=1S/C9H17N3O/c1-4-5-7(2)11-8(3)6-9(10)12-13/h1,7-8,11,13H,5-6H2,2-3H3,(H2,10,12). The van der Waals surface area contributed by atoms with Crippen molar-refractivity contribution in [1.29, 1.82) is 0 Å². The Bertz CT molecular complexity index is 207. The monoisotopic (exact) mass is 183 g/mol. The third-order valence-corrected chi connectivity index (χ3v) is 1.64. The molecule has 2 unspecified atom stereocenters. The van der Waals surface area contributed by atoms with E-state index < -0.39 is 0 Å². The molecule has 0 heterocycles. The summed E-state index contributed by atoms with van der Waals surface area (Å²) in [6.45, 7) is 3.97. The number of amidine groups is 1. The summed E-state index contributed by atoms with van der Waals surface area (Å²) in [5.74, 6) is 2.80. The molecule has 0 aromatic heterocycles. The molecule has 0 aliphatic carbocycles. The van der Waals surface area contributed by atoms with Crippen molar-refractivity contribution < 1.29 is 5.21 Å². The lowest BCUT2D eigenvalue weighted by Gasteiger charge is -2.17. The Hall–Kier alpha value is -1.21. The third kappa shape index (κ3) is 6.00. The van der Waals surface area contributed by atoms with Gasteiger partial charge in [0.2, 0.25) is 0 Å². The summed E-state index contributed by atoms with van der Waals surface area (Å²) >= 11 is 0. The van der Waals surface area contributed by atoms with Gasteiger partial charge in [-0.05, 0) is 13.8 Å². The van der Waals surface area contributed by atoms with Gasteiger partial charge in [-0.3, -0.25) is 0 Å². The molecule has 0 spiro atoms. The second-order valence-electron chi connectivity index (χ2n) is 3.17. The van der Waals surface area contributed by atoms with Crippen molar-refractivity contribution in [1.82, 2.24) is 5.32 Å². The molecule has 0 aromatic carbocycles. The van der Waals surface area contributed by atoms with Gasteiger partial charge in [-0.15, -0.1) is 12.3 Å². The van der Waals surface area contributed by atoms with Crippen molar-refractivity contribution in [3.8, 4) is 12.3 Å². The minimum Gasteiger partial charge on any atom is -0.409 e. The highest BCUT2D eigenvalue weighted by atomic mass is 16.4. The highest BCUT2D eigenvalue weighted by Gasteiger charge is 2.07. The average molecular weight is 183 g/mol. The Balaban J connectivity index is 3.75. The highest BCUT2D eigenvalue weighted by Crippen LogP contribution is 1.95. The molecule has 0 aliphatic heterocycles. The van der Waals surface area contributed by atoms with E-state index in [1.165, 1.54) is 0 Å². The zero-order valence-corrected chi connectivity index (χ0v) is 8.12. The molecular formula is C9H17N3O. The lowest BCUT2D eigenvalue weighted by atomic mass is 10.1. The van der Waals surface area contributed by atoms with E-state index in [-0.39, 0.29) is 17.9 Å². The van der Waals surface area contributed by atoms with Gasteiger partial charge >= 0.3 is 0 Å². The van der Waals surface area contributed by atoms with Gasteiger partial charge in [0, 0.05) is 24.9 Å². The van der Waals surface area contributed by atoms with Crippen molar-refractivity contribution >= 4 is 5.84 Å². The number of hydrogen-bond donors (Lipinski definition) is 3. The topological polar surface area (TPSA) is 70.6 Å². The number of nitrogens with two attached hydrogens (primary N) is 1. The number of nitrogens with zero attached hydrogens (tertiary/aromatic N) is 1. The summed E-state index contributed by atoms with van der Waals surface area (Å²) in [6.07, 6.45) is 6.35. The molecule has 0 rings (SSSR count). The van der Waals surface area contributed by atoms with E-state index in [9.17, 15) is 0 Å². The summed E-state index contributed by atoms with van der Waals surface area (Å²) in [6, 6.07) is 0.422. The van der Waals surface area contributed by atoms with Gasteiger partial charge < -0.3 is 16.3 Å². The van der Waals surface area contributed by atoms with Crippen molar-refractivity contribution in [3.63, 3.8) is 0 Å². The number of nitrogens with one attached hydrogen (secondary N) is 1. The molecule has 74 valence electrons. The van der Waals surface area contributed by atoms with E-state index in [0.29, 0.717) is 12.8 Å². The van der Waals surface area contributed by atoms with Crippen LogP contribution in [0.1, 0.15) is 26.7 Å². The first-order chi connectivity index (χ1) is 6.10. The van der Waals surface area contributed by atoms with Crippen molar-refractivity contribution in [3.05, 3.63) is 0 Å². The van der Waals surface area contributed by atoms with Crippen LogP contribution in [0.4, 0.5) is 0 Å². The van der Waals surface area contributed by atoms with Crippen molar-refractivity contribution in [2.75, 3.05) is 0 Å². The molecule has 0 aliphatic rings. The molecule has 0 amide bonds. The fourth-order valence-electron chi connectivity index (χ4n) is 1.13. The quantitative estimate of drug-likeness (QED) is 0.191. The van der Waals surface area contributed by atoms with Gasteiger partial charge in [0.15, 0.2) is 0 Å². The number of rotatable bonds is 5. The molecule has 4 heteroatoms. The Labute approximate surface area is 79.2 Å². The maximum Gasteiger partial charge on any atom is 0.140 e. The van der Waals surface area contributed by atoms with Crippen molar-refractivity contribution in [2.45, 2.75) is 38.8 Å². The molecule has 0 saturated carbocycles. The Kier molecular flexibility index (Phi) is 5.73. The zero-order valence-electron chi connectivity index (χ0n) is 8.12. The van der Waals surface area contributed by atoms with Crippen LogP contribution in [0.5, 0.6) is 0 Å². The predicted octanol–water partition coefficient (Wildman–Crippen LogP) is 0.513. The van der Waals surface area contributed by atoms with Gasteiger partial charge in [-0.25, -0.2) is 0 Å².